The van der Waals surface area contributed by atoms with Crippen LogP contribution in [0.2, 0.25) is 5.02 Å². The highest BCUT2D eigenvalue weighted by atomic mass is 35.5. The molecule has 1 fully saturated rings. The van der Waals surface area contributed by atoms with E-state index in [1.165, 1.54) is 0 Å². The van der Waals surface area contributed by atoms with Gasteiger partial charge in [-0.2, -0.15) is 0 Å². The topological polar surface area (TPSA) is 55.6 Å². The Labute approximate surface area is 105 Å². The van der Waals surface area contributed by atoms with Crippen LogP contribution < -0.4 is 15.4 Å². The summed E-state index contributed by atoms with van der Waals surface area (Å²) in [5, 5.41) is 0.553. The number of methoxy groups -OCH3 is 1. The van der Waals surface area contributed by atoms with Crippen LogP contribution in [0.15, 0.2) is 18.2 Å². The van der Waals surface area contributed by atoms with Crippen LogP contribution in [0.4, 0.5) is 5.69 Å². The SMILES string of the molecule is COc1ccc(Cl)c(N2CC(CN)CC2=O)c1. The van der Waals surface area contributed by atoms with Crippen LogP contribution in [0.1, 0.15) is 6.42 Å². The molecule has 1 aromatic carbocycles. The van der Waals surface area contributed by atoms with Gasteiger partial charge in [-0.25, -0.2) is 0 Å². The fourth-order valence-corrected chi connectivity index (χ4v) is 2.22. The van der Waals surface area contributed by atoms with Gasteiger partial charge in [0.05, 0.1) is 17.8 Å². The highest BCUT2D eigenvalue weighted by Gasteiger charge is 2.30. The Bertz CT molecular complexity index is 437. The number of anilines is 1. The van der Waals surface area contributed by atoms with E-state index in [9.17, 15) is 4.79 Å². The Morgan fingerprint density at radius 1 is 1.59 bits per heavy atom. The summed E-state index contributed by atoms with van der Waals surface area (Å²) < 4.78 is 5.14. The Morgan fingerprint density at radius 3 is 2.94 bits per heavy atom. The highest BCUT2D eigenvalue weighted by molar-refractivity contribution is 6.34. The quantitative estimate of drug-likeness (QED) is 0.893. The van der Waals surface area contributed by atoms with Gasteiger partial charge in [-0.15, -0.1) is 0 Å². The molecule has 1 amide bonds. The van der Waals surface area contributed by atoms with Crippen LogP contribution >= 0.6 is 11.6 Å². The number of nitrogens with zero attached hydrogens (tertiary/aromatic N) is 1. The zero-order chi connectivity index (χ0) is 12.4. The van der Waals surface area contributed by atoms with E-state index in [0.717, 1.165) is 0 Å². The van der Waals surface area contributed by atoms with Gasteiger partial charge >= 0.3 is 0 Å². The molecule has 1 heterocycles. The predicted molar refractivity (Wildman–Crippen MR) is 67.5 cm³/mol. The third kappa shape index (κ3) is 2.37. The average molecular weight is 255 g/mol. The summed E-state index contributed by atoms with van der Waals surface area (Å²) >= 11 is 6.11. The number of carbonyl (C=O) groups excluding carboxylic acids is 1. The van der Waals surface area contributed by atoms with Crippen molar-refractivity contribution in [1.82, 2.24) is 0 Å². The summed E-state index contributed by atoms with van der Waals surface area (Å²) in [5.41, 5.74) is 6.29. The summed E-state index contributed by atoms with van der Waals surface area (Å²) in [5.74, 6) is 0.966. The molecule has 1 aromatic rings. The average Bonchev–Trinajstić information content (AvgIpc) is 2.71. The zero-order valence-electron chi connectivity index (χ0n) is 9.65. The summed E-state index contributed by atoms with van der Waals surface area (Å²) in [6, 6.07) is 5.28. The van der Waals surface area contributed by atoms with Gasteiger partial charge in [-0.05, 0) is 24.6 Å². The van der Waals surface area contributed by atoms with Crippen molar-refractivity contribution in [3.8, 4) is 5.75 Å². The Morgan fingerprint density at radius 2 is 2.35 bits per heavy atom. The molecule has 1 unspecified atom stereocenters. The molecule has 1 aliphatic heterocycles. The zero-order valence-corrected chi connectivity index (χ0v) is 10.4. The summed E-state index contributed by atoms with van der Waals surface area (Å²) in [7, 11) is 1.58. The van der Waals surface area contributed by atoms with Crippen LogP contribution in [0.3, 0.4) is 0 Å². The molecule has 1 atom stereocenters. The number of benzene rings is 1. The van der Waals surface area contributed by atoms with Crippen molar-refractivity contribution in [2.24, 2.45) is 11.7 Å². The minimum absolute atomic E-state index is 0.0654. The highest BCUT2D eigenvalue weighted by Crippen LogP contribution is 2.33. The molecule has 0 saturated carbocycles. The smallest absolute Gasteiger partial charge is 0.227 e. The minimum atomic E-state index is 0.0654. The van der Waals surface area contributed by atoms with Gasteiger partial charge in [-0.3, -0.25) is 4.79 Å². The fourth-order valence-electron chi connectivity index (χ4n) is 2.00. The number of halogens is 1. The van der Waals surface area contributed by atoms with Crippen LogP contribution in [-0.4, -0.2) is 26.1 Å². The van der Waals surface area contributed by atoms with Crippen molar-refractivity contribution < 1.29 is 9.53 Å². The monoisotopic (exact) mass is 254 g/mol. The molecular formula is C12H15ClN2O2. The molecule has 1 saturated heterocycles. The molecule has 4 nitrogen and oxygen atoms in total. The third-order valence-electron chi connectivity index (χ3n) is 2.98. The van der Waals surface area contributed by atoms with Crippen molar-refractivity contribution >= 4 is 23.2 Å². The van der Waals surface area contributed by atoms with Crippen LogP contribution in [0, 0.1) is 5.92 Å². The van der Waals surface area contributed by atoms with Crippen molar-refractivity contribution in [1.29, 1.82) is 0 Å². The maximum Gasteiger partial charge on any atom is 0.227 e. The second kappa shape index (κ2) is 4.94. The Hall–Kier alpha value is -1.26. The molecule has 2 rings (SSSR count). The van der Waals surface area contributed by atoms with Gasteiger partial charge in [0.25, 0.3) is 0 Å². The largest absolute Gasteiger partial charge is 0.497 e. The van der Waals surface area contributed by atoms with Gasteiger partial charge < -0.3 is 15.4 Å². The first-order valence-electron chi connectivity index (χ1n) is 5.49. The van der Waals surface area contributed by atoms with Crippen molar-refractivity contribution in [2.45, 2.75) is 6.42 Å². The molecule has 0 bridgehead atoms. The first-order chi connectivity index (χ1) is 8.15. The number of hydrogen-bond donors (Lipinski definition) is 1. The van der Waals surface area contributed by atoms with E-state index in [1.807, 2.05) is 0 Å². The lowest BCUT2D eigenvalue weighted by atomic mass is 10.1. The molecule has 0 aliphatic carbocycles. The maximum atomic E-state index is 11.9. The summed E-state index contributed by atoms with van der Waals surface area (Å²) in [4.78, 5) is 13.5. The van der Waals surface area contributed by atoms with E-state index >= 15 is 0 Å². The summed E-state index contributed by atoms with van der Waals surface area (Å²) in [6.45, 7) is 1.14. The number of nitrogens with two attached hydrogens (primary N) is 1. The van der Waals surface area contributed by atoms with Gasteiger partial charge in [0.2, 0.25) is 5.91 Å². The van der Waals surface area contributed by atoms with Crippen molar-refractivity contribution in [3.63, 3.8) is 0 Å². The van der Waals surface area contributed by atoms with Gasteiger partial charge in [0, 0.05) is 19.0 Å². The first kappa shape index (κ1) is 12.2. The molecule has 92 valence electrons. The van der Waals surface area contributed by atoms with Gasteiger partial charge in [0.15, 0.2) is 0 Å². The standard InChI is InChI=1S/C12H15ClN2O2/c1-17-9-2-3-10(13)11(5-9)15-7-8(6-14)4-12(15)16/h2-3,5,8H,4,6-7,14H2,1H3. The lowest BCUT2D eigenvalue weighted by Gasteiger charge is -2.18. The third-order valence-corrected chi connectivity index (χ3v) is 3.30. The van der Waals surface area contributed by atoms with E-state index in [-0.39, 0.29) is 11.8 Å². The molecule has 0 aromatic heterocycles. The lowest BCUT2D eigenvalue weighted by Crippen LogP contribution is -2.26. The molecular weight excluding hydrogens is 240 g/mol. The van der Waals surface area contributed by atoms with Gasteiger partial charge in [-0.1, -0.05) is 11.6 Å². The number of rotatable bonds is 3. The van der Waals surface area contributed by atoms with E-state index in [4.69, 9.17) is 22.1 Å². The maximum absolute atomic E-state index is 11.9. The molecule has 5 heteroatoms. The number of hydrogen-bond acceptors (Lipinski definition) is 3. The van der Waals surface area contributed by atoms with Crippen molar-refractivity contribution in [3.05, 3.63) is 23.2 Å². The predicted octanol–water partition coefficient (Wildman–Crippen LogP) is 1.66. The molecule has 17 heavy (non-hydrogen) atoms. The molecule has 0 spiro atoms. The normalized spacial score (nSPS) is 19.8. The summed E-state index contributed by atoms with van der Waals surface area (Å²) in [6.07, 6.45) is 0.490. The second-order valence-corrected chi connectivity index (χ2v) is 4.53. The Kier molecular flexibility index (Phi) is 3.54. The van der Waals surface area contributed by atoms with E-state index in [2.05, 4.69) is 0 Å². The van der Waals surface area contributed by atoms with Crippen molar-refractivity contribution in [2.75, 3.05) is 25.1 Å². The molecule has 0 radical (unpaired) electrons. The van der Waals surface area contributed by atoms with Crippen LogP contribution in [-0.2, 0) is 4.79 Å². The number of ether oxygens (including phenoxy) is 1. The van der Waals surface area contributed by atoms with Crippen LogP contribution in [0.25, 0.3) is 0 Å². The minimum Gasteiger partial charge on any atom is -0.497 e. The van der Waals surface area contributed by atoms with E-state index < -0.39 is 0 Å². The Balaban J connectivity index is 2.30. The van der Waals surface area contributed by atoms with Gasteiger partial charge in [0.1, 0.15) is 5.75 Å². The lowest BCUT2D eigenvalue weighted by molar-refractivity contribution is -0.117. The van der Waals surface area contributed by atoms with E-state index in [1.54, 1.807) is 30.2 Å². The number of amides is 1. The van der Waals surface area contributed by atoms with E-state index in [0.29, 0.717) is 36.0 Å². The van der Waals surface area contributed by atoms with Crippen LogP contribution in [0.5, 0.6) is 5.75 Å². The first-order valence-corrected chi connectivity index (χ1v) is 5.87. The second-order valence-electron chi connectivity index (χ2n) is 4.13. The fraction of sp³-hybridized carbons (Fsp3) is 0.417. The number of carbonyl (C=O) groups is 1. The molecule has 1 aliphatic rings. The molecule has 2 N–H and O–H groups in total.